The van der Waals surface area contributed by atoms with Crippen LogP contribution in [0.4, 0.5) is 17.6 Å². The number of halogens is 4. The number of imidazole rings is 1. The van der Waals surface area contributed by atoms with Crippen LogP contribution in [0.2, 0.25) is 0 Å². The van der Waals surface area contributed by atoms with E-state index in [-0.39, 0.29) is 22.6 Å². The molecule has 0 aliphatic heterocycles. The van der Waals surface area contributed by atoms with Gasteiger partial charge >= 0.3 is 6.18 Å². The van der Waals surface area contributed by atoms with Gasteiger partial charge in [-0.2, -0.15) is 13.2 Å². The topological polar surface area (TPSA) is 45.8 Å². The van der Waals surface area contributed by atoms with Gasteiger partial charge in [-0.25, -0.2) is 9.37 Å². The molecule has 0 aliphatic carbocycles. The van der Waals surface area contributed by atoms with Crippen LogP contribution in [0.3, 0.4) is 0 Å². The predicted molar refractivity (Wildman–Crippen MR) is 59.1 cm³/mol. The third kappa shape index (κ3) is 2.49. The highest BCUT2D eigenvalue weighted by Crippen LogP contribution is 2.32. The lowest BCUT2D eigenvalue weighted by Gasteiger charge is -2.02. The first-order valence-electron chi connectivity index (χ1n) is 5.22. The Balaban J connectivity index is 2.51. The van der Waals surface area contributed by atoms with Crippen LogP contribution in [0.1, 0.15) is 21.7 Å². The van der Waals surface area contributed by atoms with Gasteiger partial charge in [0.1, 0.15) is 17.9 Å². The highest BCUT2D eigenvalue weighted by molar-refractivity contribution is 5.76. The zero-order valence-electron chi connectivity index (χ0n) is 9.68. The highest BCUT2D eigenvalue weighted by atomic mass is 19.4. The van der Waals surface area contributed by atoms with E-state index in [0.717, 1.165) is 6.07 Å². The van der Waals surface area contributed by atoms with Gasteiger partial charge in [-0.1, -0.05) is 6.07 Å². The highest BCUT2D eigenvalue weighted by Gasteiger charge is 2.36. The number of rotatable bonds is 2. The van der Waals surface area contributed by atoms with Crippen LogP contribution < -0.4 is 0 Å². The van der Waals surface area contributed by atoms with Gasteiger partial charge in [0, 0.05) is 11.3 Å². The Morgan fingerprint density at radius 2 is 2.00 bits per heavy atom. The number of H-pyrrole nitrogens is 1. The standard InChI is InChI=1S/C12H8F4N2O/c1-6-10(12(14,15)16)18-11(17-6)8-3-2-7(5-19)4-9(8)13/h2-5H,1H3,(H,17,18). The maximum Gasteiger partial charge on any atom is 0.435 e. The van der Waals surface area contributed by atoms with E-state index in [9.17, 15) is 22.4 Å². The lowest BCUT2D eigenvalue weighted by Crippen LogP contribution is -2.07. The van der Waals surface area contributed by atoms with Crippen molar-refractivity contribution in [2.24, 2.45) is 0 Å². The Morgan fingerprint density at radius 3 is 2.47 bits per heavy atom. The Bertz CT molecular complexity index is 631. The molecule has 0 spiro atoms. The van der Waals surface area contributed by atoms with Crippen molar-refractivity contribution in [1.29, 1.82) is 0 Å². The third-order valence-electron chi connectivity index (χ3n) is 2.54. The summed E-state index contributed by atoms with van der Waals surface area (Å²) in [4.78, 5) is 16.2. The molecule has 1 aromatic heterocycles. The van der Waals surface area contributed by atoms with Crippen LogP contribution in [-0.2, 0) is 6.18 Å². The molecule has 0 saturated carbocycles. The molecular weight excluding hydrogens is 264 g/mol. The van der Waals surface area contributed by atoms with Gasteiger partial charge in [0.15, 0.2) is 5.69 Å². The molecule has 0 unspecified atom stereocenters. The molecule has 0 aliphatic rings. The van der Waals surface area contributed by atoms with Gasteiger partial charge in [0.2, 0.25) is 0 Å². The van der Waals surface area contributed by atoms with Gasteiger partial charge in [-0.3, -0.25) is 4.79 Å². The van der Waals surface area contributed by atoms with Crippen LogP contribution >= 0.6 is 0 Å². The smallest absolute Gasteiger partial charge is 0.341 e. The van der Waals surface area contributed by atoms with Crippen molar-refractivity contribution < 1.29 is 22.4 Å². The van der Waals surface area contributed by atoms with Crippen molar-refractivity contribution in [2.75, 3.05) is 0 Å². The quantitative estimate of drug-likeness (QED) is 0.673. The number of hydrogen-bond donors (Lipinski definition) is 1. The zero-order valence-corrected chi connectivity index (χ0v) is 9.68. The number of alkyl halides is 3. The van der Waals surface area contributed by atoms with Gasteiger partial charge in [-0.15, -0.1) is 0 Å². The Morgan fingerprint density at radius 1 is 1.32 bits per heavy atom. The van der Waals surface area contributed by atoms with Crippen molar-refractivity contribution >= 4 is 6.29 Å². The summed E-state index contributed by atoms with van der Waals surface area (Å²) in [6.45, 7) is 1.21. The molecular formula is C12H8F4N2O. The number of benzene rings is 1. The number of aromatic amines is 1. The number of aryl methyl sites for hydroxylation is 1. The zero-order chi connectivity index (χ0) is 14.2. The van der Waals surface area contributed by atoms with Gasteiger partial charge in [-0.05, 0) is 19.1 Å². The molecule has 0 saturated heterocycles. The van der Waals surface area contributed by atoms with Crippen molar-refractivity contribution in [1.82, 2.24) is 9.97 Å². The number of hydrogen-bond acceptors (Lipinski definition) is 2. The van der Waals surface area contributed by atoms with E-state index in [4.69, 9.17) is 0 Å². The summed E-state index contributed by atoms with van der Waals surface area (Å²) >= 11 is 0. The molecule has 19 heavy (non-hydrogen) atoms. The summed E-state index contributed by atoms with van der Waals surface area (Å²) in [5, 5.41) is 0. The number of carbonyl (C=O) groups is 1. The molecule has 0 atom stereocenters. The summed E-state index contributed by atoms with van der Waals surface area (Å²) < 4.78 is 51.4. The Labute approximate surface area is 105 Å². The molecule has 2 rings (SSSR count). The number of carbonyl (C=O) groups excluding carboxylic acids is 1. The predicted octanol–water partition coefficient (Wildman–Crippen LogP) is 3.36. The van der Waals surface area contributed by atoms with Crippen molar-refractivity contribution in [2.45, 2.75) is 13.1 Å². The molecule has 1 aromatic carbocycles. The number of aromatic nitrogens is 2. The van der Waals surface area contributed by atoms with E-state index >= 15 is 0 Å². The molecule has 0 radical (unpaired) electrons. The monoisotopic (exact) mass is 272 g/mol. The minimum atomic E-state index is -4.60. The van der Waals surface area contributed by atoms with Crippen LogP contribution in [-0.4, -0.2) is 16.3 Å². The van der Waals surface area contributed by atoms with E-state index in [1.54, 1.807) is 0 Å². The lowest BCUT2D eigenvalue weighted by molar-refractivity contribution is -0.141. The van der Waals surface area contributed by atoms with Crippen LogP contribution in [0, 0.1) is 12.7 Å². The molecule has 0 amide bonds. The van der Waals surface area contributed by atoms with Gasteiger partial charge in [0.25, 0.3) is 0 Å². The second kappa shape index (κ2) is 4.49. The maximum absolute atomic E-state index is 13.7. The van der Waals surface area contributed by atoms with Crippen LogP contribution in [0.15, 0.2) is 18.2 Å². The summed E-state index contributed by atoms with van der Waals surface area (Å²) in [6.07, 6.45) is -4.15. The van der Waals surface area contributed by atoms with Gasteiger partial charge in [0.05, 0.1) is 5.56 Å². The molecule has 7 heteroatoms. The molecule has 0 bridgehead atoms. The number of nitrogens with zero attached hydrogens (tertiary/aromatic N) is 1. The van der Waals surface area contributed by atoms with E-state index in [1.807, 2.05) is 0 Å². The lowest BCUT2D eigenvalue weighted by atomic mass is 10.1. The summed E-state index contributed by atoms with van der Waals surface area (Å²) in [7, 11) is 0. The Hall–Kier alpha value is -2.18. The largest absolute Gasteiger partial charge is 0.435 e. The average Bonchev–Trinajstić information content (AvgIpc) is 2.70. The molecule has 2 aromatic rings. The SMILES string of the molecule is Cc1[nH]c(-c2ccc(C=O)cc2F)nc1C(F)(F)F. The fourth-order valence-corrected chi connectivity index (χ4v) is 1.66. The first kappa shape index (κ1) is 13.3. The van der Waals surface area contributed by atoms with Crippen molar-refractivity contribution in [3.05, 3.63) is 41.0 Å². The summed E-state index contributed by atoms with van der Waals surface area (Å²) in [6, 6.07) is 3.45. The van der Waals surface area contributed by atoms with E-state index in [2.05, 4.69) is 9.97 Å². The first-order chi connectivity index (χ1) is 8.82. The average molecular weight is 272 g/mol. The molecule has 100 valence electrons. The molecule has 1 N–H and O–H groups in total. The number of nitrogens with one attached hydrogen (secondary N) is 1. The Kier molecular flexibility index (Phi) is 3.13. The van der Waals surface area contributed by atoms with E-state index in [1.165, 1.54) is 19.1 Å². The van der Waals surface area contributed by atoms with Crippen LogP contribution in [0.25, 0.3) is 11.4 Å². The molecule has 3 nitrogen and oxygen atoms in total. The minimum Gasteiger partial charge on any atom is -0.341 e. The summed E-state index contributed by atoms with van der Waals surface area (Å²) in [5.41, 5.74) is -1.30. The minimum absolute atomic E-state index is 0.0978. The number of aldehydes is 1. The summed E-state index contributed by atoms with van der Waals surface area (Å²) in [5.74, 6) is -1.04. The van der Waals surface area contributed by atoms with Crippen LogP contribution in [0.5, 0.6) is 0 Å². The van der Waals surface area contributed by atoms with E-state index in [0.29, 0.717) is 6.29 Å². The van der Waals surface area contributed by atoms with Crippen molar-refractivity contribution in [3.8, 4) is 11.4 Å². The normalized spacial score (nSPS) is 11.6. The van der Waals surface area contributed by atoms with E-state index < -0.39 is 17.7 Å². The fourth-order valence-electron chi connectivity index (χ4n) is 1.66. The first-order valence-corrected chi connectivity index (χ1v) is 5.22. The molecule has 1 heterocycles. The second-order valence-electron chi connectivity index (χ2n) is 3.91. The molecule has 0 fully saturated rings. The third-order valence-corrected chi connectivity index (χ3v) is 2.54. The second-order valence-corrected chi connectivity index (χ2v) is 3.91. The van der Waals surface area contributed by atoms with Crippen molar-refractivity contribution in [3.63, 3.8) is 0 Å². The maximum atomic E-state index is 13.7. The van der Waals surface area contributed by atoms with Gasteiger partial charge < -0.3 is 4.98 Å². The fraction of sp³-hybridized carbons (Fsp3) is 0.167.